The zero-order chi connectivity index (χ0) is 20.8. The average Bonchev–Trinajstić information content (AvgIpc) is 2.69. The quantitative estimate of drug-likeness (QED) is 0.513. The number of amides is 1. The monoisotopic (exact) mass is 406 g/mol. The van der Waals surface area contributed by atoms with E-state index in [0.717, 1.165) is 28.9 Å². The fourth-order valence-corrected chi connectivity index (χ4v) is 4.24. The molecule has 1 saturated heterocycles. The number of aryl methyl sites for hydroxylation is 1. The maximum Gasteiger partial charge on any atom is 0.416 e. The molecular formula is C21H21F3N2O3. The Morgan fingerprint density at radius 2 is 1.83 bits per heavy atom. The highest BCUT2D eigenvalue weighted by Crippen LogP contribution is 2.38. The molecule has 2 heterocycles. The molecule has 0 aromatic heterocycles. The molecule has 0 unspecified atom stereocenters. The molecule has 0 spiro atoms. The van der Waals surface area contributed by atoms with Crippen molar-refractivity contribution in [2.75, 3.05) is 18.0 Å². The summed E-state index contributed by atoms with van der Waals surface area (Å²) in [5.74, 6) is 0. The van der Waals surface area contributed by atoms with Gasteiger partial charge in [-0.1, -0.05) is 24.3 Å². The van der Waals surface area contributed by atoms with Gasteiger partial charge < -0.3 is 14.6 Å². The molecule has 2 aromatic carbocycles. The molecule has 8 heteroatoms. The summed E-state index contributed by atoms with van der Waals surface area (Å²) in [5.41, 5.74) is 1.95. The van der Waals surface area contributed by atoms with Crippen molar-refractivity contribution in [2.24, 2.45) is 0 Å². The molecule has 0 aliphatic carbocycles. The minimum absolute atomic E-state index is 0.0936. The number of ether oxygens (including phenoxy) is 1. The highest BCUT2D eigenvalue weighted by atomic mass is 19.4. The van der Waals surface area contributed by atoms with Crippen LogP contribution < -0.4 is 9.55 Å². The Morgan fingerprint density at radius 1 is 1.14 bits per heavy atom. The lowest BCUT2D eigenvalue weighted by molar-refractivity contribution is -0.137. The lowest BCUT2D eigenvalue weighted by atomic mass is 9.98. The van der Waals surface area contributed by atoms with Crippen LogP contribution in [0.1, 0.15) is 29.5 Å². The fourth-order valence-electron chi connectivity index (χ4n) is 4.24. The summed E-state index contributed by atoms with van der Waals surface area (Å²) in [5, 5.41) is 13.3. The van der Waals surface area contributed by atoms with E-state index in [-0.39, 0.29) is 31.4 Å². The number of rotatable bonds is 2. The third-order valence-electron chi connectivity index (χ3n) is 5.77. The van der Waals surface area contributed by atoms with E-state index in [9.17, 15) is 23.2 Å². The van der Waals surface area contributed by atoms with E-state index < -0.39 is 22.5 Å². The summed E-state index contributed by atoms with van der Waals surface area (Å²) in [6, 6.07) is 10.1. The molecule has 1 amide bonds. The maximum atomic E-state index is 13.3. The summed E-state index contributed by atoms with van der Waals surface area (Å²) in [6.45, 7) is 2.32. The van der Waals surface area contributed by atoms with Gasteiger partial charge in [-0.15, -0.1) is 0 Å². The zero-order valence-corrected chi connectivity index (χ0v) is 15.9. The van der Waals surface area contributed by atoms with Gasteiger partial charge in [0.2, 0.25) is 0 Å². The van der Waals surface area contributed by atoms with Crippen LogP contribution in [0.15, 0.2) is 42.5 Å². The number of fused-ring (bicyclic) bond motifs is 1. The van der Waals surface area contributed by atoms with Gasteiger partial charge in [0.15, 0.2) is 0 Å². The second-order valence-corrected chi connectivity index (χ2v) is 7.62. The number of piperidine rings is 1. The third kappa shape index (κ3) is 3.58. The molecule has 0 saturated carbocycles. The normalized spacial score (nSPS) is 24.8. The zero-order valence-electron chi connectivity index (χ0n) is 15.9. The number of para-hydroxylation sites is 1. The number of cyclic esters (lactones) is 1. The van der Waals surface area contributed by atoms with Gasteiger partial charge in [0.25, 0.3) is 0 Å². The average molecular weight is 406 g/mol. The summed E-state index contributed by atoms with van der Waals surface area (Å²) < 4.78 is 43.5. The SMILES string of the molecule is Cc1cccc2c1N(C1CC[N+]([O-])(c3cccc(C(F)(F)F)c3)CC1)C(=O)OC2. The number of quaternary nitrogens is 1. The number of alkyl halides is 3. The molecule has 2 aromatic rings. The van der Waals surface area contributed by atoms with Crippen molar-refractivity contribution in [1.82, 2.24) is 4.65 Å². The molecule has 2 aliphatic heterocycles. The number of carbonyl (C=O) groups is 1. The number of nitrogens with zero attached hydrogens (tertiary/aromatic N) is 2. The van der Waals surface area contributed by atoms with Crippen molar-refractivity contribution in [1.29, 1.82) is 0 Å². The van der Waals surface area contributed by atoms with Crippen molar-refractivity contribution in [3.8, 4) is 0 Å². The molecule has 4 rings (SSSR count). The van der Waals surface area contributed by atoms with Crippen LogP contribution >= 0.6 is 0 Å². The van der Waals surface area contributed by atoms with E-state index in [1.165, 1.54) is 12.1 Å². The Labute approximate surface area is 166 Å². The highest BCUT2D eigenvalue weighted by Gasteiger charge is 2.39. The third-order valence-corrected chi connectivity index (χ3v) is 5.77. The van der Waals surface area contributed by atoms with Crippen molar-refractivity contribution in [3.05, 3.63) is 64.4 Å². The highest BCUT2D eigenvalue weighted by molar-refractivity contribution is 5.92. The summed E-state index contributed by atoms with van der Waals surface area (Å²) in [6.07, 6.45) is -4.18. The Balaban J connectivity index is 1.57. The number of hydroxylamine groups is 2. The first-order chi connectivity index (χ1) is 13.7. The van der Waals surface area contributed by atoms with E-state index in [1.54, 1.807) is 4.90 Å². The minimum atomic E-state index is -4.49. The predicted octanol–water partition coefficient (Wildman–Crippen LogP) is 5.14. The van der Waals surface area contributed by atoms with E-state index in [2.05, 4.69) is 0 Å². The Morgan fingerprint density at radius 3 is 2.52 bits per heavy atom. The second kappa shape index (κ2) is 7.03. The smallest absolute Gasteiger partial charge is 0.416 e. The van der Waals surface area contributed by atoms with E-state index in [1.807, 2.05) is 25.1 Å². The van der Waals surface area contributed by atoms with Crippen LogP contribution in [0.5, 0.6) is 0 Å². The van der Waals surface area contributed by atoms with Gasteiger partial charge in [0, 0.05) is 24.5 Å². The lowest BCUT2D eigenvalue weighted by Gasteiger charge is -2.49. The molecule has 0 N–H and O–H groups in total. The van der Waals surface area contributed by atoms with Gasteiger partial charge in [-0.05, 0) is 24.6 Å². The number of carbonyl (C=O) groups excluding carboxylic acids is 1. The molecule has 154 valence electrons. The predicted molar refractivity (Wildman–Crippen MR) is 103 cm³/mol. The Kier molecular flexibility index (Phi) is 4.78. The maximum absolute atomic E-state index is 13.3. The summed E-state index contributed by atoms with van der Waals surface area (Å²) in [7, 11) is 0. The Hall–Kier alpha value is -2.58. The first-order valence-electron chi connectivity index (χ1n) is 9.49. The molecular weight excluding hydrogens is 385 g/mol. The molecule has 0 atom stereocenters. The standard InChI is InChI=1S/C21H21F3N2O3/c1-14-4-2-5-15-13-29-20(27)25(19(14)15)17-8-10-26(28,11-9-17)18-7-3-6-16(12-18)21(22,23)24/h2-7,12,17H,8-11,13H2,1H3. The van der Waals surface area contributed by atoms with E-state index in [4.69, 9.17) is 4.74 Å². The van der Waals surface area contributed by atoms with Crippen LogP contribution in [-0.4, -0.2) is 25.2 Å². The largest absolute Gasteiger partial charge is 0.627 e. The minimum Gasteiger partial charge on any atom is -0.627 e. The van der Waals surface area contributed by atoms with Crippen LogP contribution in [0.4, 0.5) is 29.3 Å². The molecule has 29 heavy (non-hydrogen) atoms. The molecule has 0 radical (unpaired) electrons. The number of anilines is 1. The first-order valence-corrected chi connectivity index (χ1v) is 9.49. The molecule has 1 fully saturated rings. The van der Waals surface area contributed by atoms with E-state index in [0.29, 0.717) is 12.8 Å². The van der Waals surface area contributed by atoms with Gasteiger partial charge in [0.1, 0.15) is 12.3 Å². The lowest BCUT2D eigenvalue weighted by Crippen LogP contribution is -2.56. The van der Waals surface area contributed by atoms with E-state index >= 15 is 0 Å². The van der Waals surface area contributed by atoms with Crippen molar-refractivity contribution >= 4 is 17.5 Å². The van der Waals surface area contributed by atoms with Crippen molar-refractivity contribution in [3.63, 3.8) is 0 Å². The number of hydrogen-bond acceptors (Lipinski definition) is 3. The first kappa shape index (κ1) is 19.7. The molecule has 0 bridgehead atoms. The number of halogens is 3. The van der Waals surface area contributed by atoms with Gasteiger partial charge in [-0.25, -0.2) is 4.79 Å². The van der Waals surface area contributed by atoms with Crippen molar-refractivity contribution < 1.29 is 22.7 Å². The summed E-state index contributed by atoms with van der Waals surface area (Å²) >= 11 is 0. The molecule has 5 nitrogen and oxygen atoms in total. The number of hydrogen-bond donors (Lipinski definition) is 0. The summed E-state index contributed by atoms with van der Waals surface area (Å²) in [4.78, 5) is 14.1. The van der Waals surface area contributed by atoms with Crippen LogP contribution in [0.3, 0.4) is 0 Å². The van der Waals surface area contributed by atoms with Crippen LogP contribution in [0, 0.1) is 12.1 Å². The second-order valence-electron chi connectivity index (χ2n) is 7.62. The van der Waals surface area contributed by atoms with Crippen molar-refractivity contribution in [2.45, 2.75) is 38.6 Å². The van der Waals surface area contributed by atoms with Crippen LogP contribution in [0.25, 0.3) is 0 Å². The fraction of sp³-hybridized carbons (Fsp3) is 0.381. The Bertz CT molecular complexity index is 937. The van der Waals surface area contributed by atoms with Gasteiger partial charge in [0.05, 0.1) is 30.4 Å². The van der Waals surface area contributed by atoms with Gasteiger partial charge >= 0.3 is 12.3 Å². The van der Waals surface area contributed by atoms with Gasteiger partial charge in [-0.2, -0.15) is 13.2 Å². The molecule has 2 aliphatic rings. The van der Waals surface area contributed by atoms with Gasteiger partial charge in [-0.3, -0.25) is 4.90 Å². The number of benzene rings is 2. The van der Waals surface area contributed by atoms with Crippen LogP contribution in [-0.2, 0) is 17.5 Å². The van der Waals surface area contributed by atoms with Crippen LogP contribution in [0.2, 0.25) is 0 Å². The topological polar surface area (TPSA) is 52.6 Å².